The fourth-order valence-electron chi connectivity index (χ4n) is 3.05. The number of ether oxygens (including phenoxy) is 1. The maximum atomic E-state index is 12.4. The molecule has 0 spiro atoms. The first-order valence-corrected chi connectivity index (χ1v) is 9.43. The molecule has 2 aromatic heterocycles. The van der Waals surface area contributed by atoms with Crippen molar-refractivity contribution in [1.29, 1.82) is 0 Å². The van der Waals surface area contributed by atoms with E-state index >= 15 is 0 Å². The van der Waals surface area contributed by atoms with Crippen molar-refractivity contribution in [1.82, 2.24) is 9.97 Å². The molecular weight excluding hydrogens is 360 g/mol. The van der Waals surface area contributed by atoms with E-state index in [2.05, 4.69) is 9.97 Å². The number of aromatic nitrogens is 2. The molecule has 0 aliphatic heterocycles. The Labute approximate surface area is 162 Å². The molecule has 0 atom stereocenters. The molecule has 0 bridgehead atoms. The van der Waals surface area contributed by atoms with Crippen LogP contribution in [0.1, 0.15) is 32.7 Å². The van der Waals surface area contributed by atoms with Gasteiger partial charge in [-0.2, -0.15) is 0 Å². The zero-order valence-electron chi connectivity index (χ0n) is 15.5. The van der Waals surface area contributed by atoms with Gasteiger partial charge in [-0.3, -0.25) is 14.6 Å². The highest BCUT2D eigenvalue weighted by atomic mass is 32.1. The lowest BCUT2D eigenvalue weighted by atomic mass is 9.97. The predicted octanol–water partition coefficient (Wildman–Crippen LogP) is 4.10. The third-order valence-corrected chi connectivity index (χ3v) is 5.05. The average molecular weight is 380 g/mol. The minimum atomic E-state index is -0.464. The van der Waals surface area contributed by atoms with Gasteiger partial charge in [-0.05, 0) is 44.0 Å². The fourth-order valence-corrected chi connectivity index (χ4v) is 3.86. The molecule has 0 aliphatic rings. The average Bonchev–Trinajstić information content (AvgIpc) is 3.08. The molecule has 5 nitrogen and oxygen atoms in total. The first kappa shape index (κ1) is 18.9. The third-order valence-electron chi connectivity index (χ3n) is 4.11. The topological polar surface area (TPSA) is 69.2 Å². The Morgan fingerprint density at radius 3 is 2.56 bits per heavy atom. The fraction of sp³-hybridized carbons (Fsp3) is 0.238. The van der Waals surface area contributed by atoms with Gasteiger partial charge in [-0.1, -0.05) is 17.7 Å². The van der Waals surface area contributed by atoms with Crippen molar-refractivity contribution in [2.75, 3.05) is 6.61 Å². The molecule has 3 rings (SSSR count). The number of benzene rings is 1. The molecule has 0 aliphatic carbocycles. The Kier molecular flexibility index (Phi) is 5.76. The van der Waals surface area contributed by atoms with Crippen LogP contribution in [0.2, 0.25) is 0 Å². The molecule has 138 valence electrons. The molecule has 0 saturated heterocycles. The van der Waals surface area contributed by atoms with Gasteiger partial charge in [0.1, 0.15) is 5.01 Å². The lowest BCUT2D eigenvalue weighted by molar-refractivity contribution is -0.141. The molecule has 0 amide bonds. The smallest absolute Gasteiger partial charge is 0.312 e. The Morgan fingerprint density at radius 1 is 1.15 bits per heavy atom. The van der Waals surface area contributed by atoms with Gasteiger partial charge in [0.15, 0.2) is 6.61 Å². The Hall–Kier alpha value is -2.86. The highest BCUT2D eigenvalue weighted by Crippen LogP contribution is 2.23. The summed E-state index contributed by atoms with van der Waals surface area (Å²) in [5.74, 6) is -0.651. The summed E-state index contributed by atoms with van der Waals surface area (Å²) in [4.78, 5) is 33.0. The molecule has 0 N–H and O–H groups in total. The highest BCUT2D eigenvalue weighted by Gasteiger charge is 2.16. The van der Waals surface area contributed by atoms with Gasteiger partial charge in [0.25, 0.3) is 0 Å². The van der Waals surface area contributed by atoms with Gasteiger partial charge in [0, 0.05) is 28.9 Å². The van der Waals surface area contributed by atoms with Crippen molar-refractivity contribution in [2.45, 2.75) is 27.2 Å². The van der Waals surface area contributed by atoms with Gasteiger partial charge < -0.3 is 4.74 Å². The van der Waals surface area contributed by atoms with E-state index in [0.29, 0.717) is 11.3 Å². The van der Waals surface area contributed by atoms with E-state index < -0.39 is 5.97 Å². The quantitative estimate of drug-likeness (QED) is 0.476. The van der Waals surface area contributed by atoms with E-state index in [4.69, 9.17) is 4.74 Å². The highest BCUT2D eigenvalue weighted by molar-refractivity contribution is 7.13. The number of ketones is 1. The summed E-state index contributed by atoms with van der Waals surface area (Å²) in [7, 11) is 0. The molecule has 0 unspecified atom stereocenters. The summed E-state index contributed by atoms with van der Waals surface area (Å²) in [5, 5.41) is 2.62. The van der Waals surface area contributed by atoms with Crippen LogP contribution in [0.3, 0.4) is 0 Å². The summed E-state index contributed by atoms with van der Waals surface area (Å²) in [6.45, 7) is 5.51. The SMILES string of the molecule is Cc1cc(C)c(C(=O)COC(=O)Cc2csc(-c3cccnc3)n2)c(C)c1. The second-order valence-corrected chi connectivity index (χ2v) is 7.28. The van der Waals surface area contributed by atoms with Gasteiger partial charge in [-0.15, -0.1) is 11.3 Å². The normalized spacial score (nSPS) is 10.6. The van der Waals surface area contributed by atoms with E-state index in [-0.39, 0.29) is 18.8 Å². The number of esters is 1. The van der Waals surface area contributed by atoms with Crippen LogP contribution < -0.4 is 0 Å². The summed E-state index contributed by atoms with van der Waals surface area (Å²) in [6.07, 6.45) is 3.46. The number of pyridine rings is 1. The molecule has 1 aromatic carbocycles. The number of carbonyl (C=O) groups excluding carboxylic acids is 2. The number of nitrogens with zero attached hydrogens (tertiary/aromatic N) is 2. The summed E-state index contributed by atoms with van der Waals surface area (Å²) >= 11 is 1.45. The Morgan fingerprint density at radius 2 is 1.89 bits per heavy atom. The largest absolute Gasteiger partial charge is 0.457 e. The molecule has 3 aromatic rings. The zero-order valence-corrected chi connectivity index (χ0v) is 16.3. The number of hydrogen-bond acceptors (Lipinski definition) is 6. The van der Waals surface area contributed by atoms with Crippen molar-refractivity contribution >= 4 is 23.1 Å². The van der Waals surface area contributed by atoms with E-state index in [1.54, 1.807) is 12.4 Å². The molecule has 0 fully saturated rings. The van der Waals surface area contributed by atoms with Gasteiger partial charge in [0.05, 0.1) is 12.1 Å². The third kappa shape index (κ3) is 4.65. The van der Waals surface area contributed by atoms with Crippen molar-refractivity contribution < 1.29 is 14.3 Å². The lowest BCUT2D eigenvalue weighted by Crippen LogP contribution is -2.17. The van der Waals surface area contributed by atoms with Crippen molar-refractivity contribution in [3.8, 4) is 10.6 Å². The summed E-state index contributed by atoms with van der Waals surface area (Å²) in [6, 6.07) is 7.67. The maximum Gasteiger partial charge on any atom is 0.312 e. The van der Waals surface area contributed by atoms with Crippen LogP contribution in [0.4, 0.5) is 0 Å². The van der Waals surface area contributed by atoms with Gasteiger partial charge in [-0.25, -0.2) is 4.98 Å². The molecule has 27 heavy (non-hydrogen) atoms. The maximum absolute atomic E-state index is 12.4. The first-order valence-electron chi connectivity index (χ1n) is 8.55. The van der Waals surface area contributed by atoms with Crippen LogP contribution in [0.5, 0.6) is 0 Å². The number of hydrogen-bond donors (Lipinski definition) is 0. The summed E-state index contributed by atoms with van der Waals surface area (Å²) in [5.41, 5.74) is 5.05. The van der Waals surface area contributed by atoms with Gasteiger partial charge in [0.2, 0.25) is 5.78 Å². The number of aryl methyl sites for hydroxylation is 3. The molecule has 0 radical (unpaired) electrons. The second-order valence-electron chi connectivity index (χ2n) is 6.42. The minimum Gasteiger partial charge on any atom is -0.457 e. The van der Waals surface area contributed by atoms with Crippen LogP contribution in [-0.2, 0) is 16.0 Å². The first-order chi connectivity index (χ1) is 12.9. The van der Waals surface area contributed by atoms with E-state index in [9.17, 15) is 9.59 Å². The molecule has 2 heterocycles. The number of carbonyl (C=O) groups is 2. The van der Waals surface area contributed by atoms with E-state index in [1.165, 1.54) is 11.3 Å². The Bertz CT molecular complexity index is 957. The van der Waals surface area contributed by atoms with Crippen molar-refractivity contribution in [3.63, 3.8) is 0 Å². The van der Waals surface area contributed by atoms with E-state index in [1.807, 2.05) is 50.4 Å². The molecule has 0 saturated carbocycles. The van der Waals surface area contributed by atoms with Crippen LogP contribution in [0, 0.1) is 20.8 Å². The monoisotopic (exact) mass is 380 g/mol. The molecule has 6 heteroatoms. The van der Waals surface area contributed by atoms with Crippen LogP contribution in [0.15, 0.2) is 42.0 Å². The minimum absolute atomic E-state index is 0.0376. The second kappa shape index (κ2) is 8.22. The number of thiazole rings is 1. The van der Waals surface area contributed by atoms with Crippen LogP contribution in [-0.4, -0.2) is 28.3 Å². The lowest BCUT2D eigenvalue weighted by Gasteiger charge is -2.10. The van der Waals surface area contributed by atoms with Crippen LogP contribution in [0.25, 0.3) is 10.6 Å². The molecular formula is C21H20N2O3S. The summed E-state index contributed by atoms with van der Waals surface area (Å²) < 4.78 is 5.18. The Balaban J connectivity index is 1.59. The van der Waals surface area contributed by atoms with Crippen molar-refractivity contribution in [3.05, 3.63) is 70.0 Å². The van der Waals surface area contributed by atoms with Gasteiger partial charge >= 0.3 is 5.97 Å². The van der Waals surface area contributed by atoms with E-state index in [0.717, 1.165) is 27.3 Å². The zero-order chi connectivity index (χ0) is 19.4. The number of Topliss-reactive ketones (excluding diaryl/α,β-unsaturated/α-hetero) is 1. The predicted molar refractivity (Wildman–Crippen MR) is 105 cm³/mol. The standard InChI is InChI=1S/C21H20N2O3S/c1-13-7-14(2)20(15(3)8-13)18(24)11-26-19(25)9-17-12-27-21(23-17)16-5-4-6-22-10-16/h4-8,10,12H,9,11H2,1-3H3. The number of rotatable bonds is 6. The van der Waals surface area contributed by atoms with Crippen molar-refractivity contribution in [2.24, 2.45) is 0 Å². The van der Waals surface area contributed by atoms with Crippen LogP contribution >= 0.6 is 11.3 Å².